The van der Waals surface area contributed by atoms with Crippen LogP contribution in [0.3, 0.4) is 0 Å². The van der Waals surface area contributed by atoms with Crippen molar-refractivity contribution in [3.63, 3.8) is 0 Å². The molecule has 120 valence electrons. The van der Waals surface area contributed by atoms with Crippen molar-refractivity contribution in [3.8, 4) is 0 Å². The third-order valence-electron chi connectivity index (χ3n) is 2.94. The second-order valence-electron chi connectivity index (χ2n) is 4.94. The minimum atomic E-state index is -0.537. The monoisotopic (exact) mass is 335 g/mol. The number of halogens is 2. The number of benzene rings is 1. The molecule has 0 aliphatic carbocycles. The Morgan fingerprint density at radius 2 is 2.05 bits per heavy atom. The first-order valence-electron chi connectivity index (χ1n) is 6.96. The van der Waals surface area contributed by atoms with Crippen LogP contribution in [0.4, 0.5) is 0 Å². The van der Waals surface area contributed by atoms with Crippen LogP contribution in [0.2, 0.25) is 10.0 Å². The van der Waals surface area contributed by atoms with E-state index in [9.17, 15) is 5.11 Å². The van der Waals surface area contributed by atoms with Crippen molar-refractivity contribution in [2.24, 2.45) is 0 Å². The Bertz CT molecular complexity index is 418. The van der Waals surface area contributed by atoms with E-state index in [-0.39, 0.29) is 6.10 Å². The molecule has 0 aromatic heterocycles. The summed E-state index contributed by atoms with van der Waals surface area (Å²) in [5.74, 6) is 0. The first-order valence-corrected chi connectivity index (χ1v) is 7.71. The fraction of sp³-hybridized carbons (Fsp3) is 0.600. The summed E-state index contributed by atoms with van der Waals surface area (Å²) in [6, 6.07) is 5.47. The molecule has 0 radical (unpaired) electrons. The molecule has 1 aromatic carbocycles. The molecule has 0 saturated carbocycles. The van der Waals surface area contributed by atoms with Crippen LogP contribution < -0.4 is 5.32 Å². The van der Waals surface area contributed by atoms with Gasteiger partial charge in [0.05, 0.1) is 25.4 Å². The van der Waals surface area contributed by atoms with Crippen molar-refractivity contribution in [1.82, 2.24) is 5.32 Å². The third-order valence-corrected chi connectivity index (χ3v) is 3.53. The predicted octanol–water partition coefficient (Wildman–Crippen LogP) is 2.54. The van der Waals surface area contributed by atoms with Gasteiger partial charge in [-0.2, -0.15) is 0 Å². The Hall–Kier alpha value is -0.360. The predicted molar refractivity (Wildman–Crippen MR) is 86.3 cm³/mol. The number of rotatable bonds is 10. The van der Waals surface area contributed by atoms with E-state index in [0.717, 1.165) is 18.5 Å². The highest BCUT2D eigenvalue weighted by Crippen LogP contribution is 2.20. The Kier molecular flexibility index (Phi) is 9.24. The van der Waals surface area contributed by atoms with Crippen molar-refractivity contribution in [1.29, 1.82) is 0 Å². The molecule has 1 rings (SSSR count). The minimum absolute atomic E-state index is 0.0162. The van der Waals surface area contributed by atoms with Gasteiger partial charge in [0.15, 0.2) is 0 Å². The maximum absolute atomic E-state index is 9.78. The van der Waals surface area contributed by atoms with Crippen LogP contribution in [0.1, 0.15) is 12.5 Å². The van der Waals surface area contributed by atoms with Crippen LogP contribution in [-0.4, -0.2) is 50.7 Å². The number of hydrogen-bond acceptors (Lipinski definition) is 4. The zero-order valence-electron chi connectivity index (χ0n) is 12.4. The number of aliphatic hydroxyl groups is 1. The van der Waals surface area contributed by atoms with Crippen molar-refractivity contribution < 1.29 is 14.6 Å². The highest BCUT2D eigenvalue weighted by atomic mass is 35.5. The summed E-state index contributed by atoms with van der Waals surface area (Å²) in [5, 5.41) is 14.3. The van der Waals surface area contributed by atoms with Gasteiger partial charge in [0.2, 0.25) is 0 Å². The number of ether oxygens (including phenoxy) is 2. The van der Waals surface area contributed by atoms with Gasteiger partial charge in [-0.1, -0.05) is 29.3 Å². The van der Waals surface area contributed by atoms with E-state index in [0.29, 0.717) is 29.8 Å². The van der Waals surface area contributed by atoms with Crippen LogP contribution in [0.15, 0.2) is 18.2 Å². The molecule has 21 heavy (non-hydrogen) atoms. The number of hydrogen-bond donors (Lipinski definition) is 2. The van der Waals surface area contributed by atoms with Crippen molar-refractivity contribution in [3.05, 3.63) is 33.8 Å². The molecule has 0 saturated heterocycles. The molecule has 0 amide bonds. The maximum Gasteiger partial charge on any atom is 0.0897 e. The van der Waals surface area contributed by atoms with Crippen LogP contribution in [0.25, 0.3) is 0 Å². The molecule has 1 aromatic rings. The summed E-state index contributed by atoms with van der Waals surface area (Å²) in [5.41, 5.74) is 1.04. The fourth-order valence-corrected chi connectivity index (χ4v) is 2.34. The van der Waals surface area contributed by atoms with E-state index in [1.165, 1.54) is 0 Å². The maximum atomic E-state index is 9.78. The summed E-state index contributed by atoms with van der Waals surface area (Å²) < 4.78 is 10.4. The second-order valence-corrected chi connectivity index (χ2v) is 5.79. The standard InChI is InChI=1S/C15H23Cl2NO3/c1-11(9-20-2)21-10-14(19)8-18-6-5-12-3-4-13(16)7-15(12)17/h3-4,7,11,14,18-19H,5-6,8-10H2,1-2H3. The zero-order valence-corrected chi connectivity index (χ0v) is 14.0. The average molecular weight is 336 g/mol. The van der Waals surface area contributed by atoms with Crippen molar-refractivity contribution in [2.45, 2.75) is 25.6 Å². The van der Waals surface area contributed by atoms with Gasteiger partial charge in [-0.3, -0.25) is 0 Å². The number of aliphatic hydroxyl groups excluding tert-OH is 1. The molecule has 4 nitrogen and oxygen atoms in total. The lowest BCUT2D eigenvalue weighted by atomic mass is 10.1. The van der Waals surface area contributed by atoms with Gasteiger partial charge in [0, 0.05) is 23.7 Å². The summed E-state index contributed by atoms with van der Waals surface area (Å²) in [4.78, 5) is 0. The van der Waals surface area contributed by atoms with Crippen molar-refractivity contribution >= 4 is 23.2 Å². The molecule has 2 N–H and O–H groups in total. The number of methoxy groups -OCH3 is 1. The van der Waals surface area contributed by atoms with E-state index in [2.05, 4.69) is 5.32 Å². The summed E-state index contributed by atoms with van der Waals surface area (Å²) in [6.07, 6.45) is 0.228. The molecule has 6 heteroatoms. The molecule has 2 unspecified atom stereocenters. The van der Waals surface area contributed by atoms with Gasteiger partial charge >= 0.3 is 0 Å². The first-order chi connectivity index (χ1) is 10.0. The Balaban J connectivity index is 2.15. The lowest BCUT2D eigenvalue weighted by Gasteiger charge is -2.16. The lowest BCUT2D eigenvalue weighted by Crippen LogP contribution is -2.33. The third kappa shape index (κ3) is 8.00. The SMILES string of the molecule is COCC(C)OCC(O)CNCCc1ccc(Cl)cc1Cl. The largest absolute Gasteiger partial charge is 0.389 e. The summed E-state index contributed by atoms with van der Waals surface area (Å²) >= 11 is 11.9. The van der Waals surface area contributed by atoms with E-state index < -0.39 is 6.10 Å². The molecular weight excluding hydrogens is 313 g/mol. The molecule has 0 fully saturated rings. The molecule has 0 aliphatic heterocycles. The minimum Gasteiger partial charge on any atom is -0.389 e. The normalized spacial score (nSPS) is 14.1. The van der Waals surface area contributed by atoms with Gasteiger partial charge in [-0.05, 0) is 37.6 Å². The molecule has 0 aliphatic rings. The Morgan fingerprint density at radius 1 is 1.29 bits per heavy atom. The highest BCUT2D eigenvalue weighted by Gasteiger charge is 2.08. The van der Waals surface area contributed by atoms with Gasteiger partial charge < -0.3 is 19.9 Å². The van der Waals surface area contributed by atoms with Gasteiger partial charge in [-0.25, -0.2) is 0 Å². The van der Waals surface area contributed by atoms with Crippen LogP contribution in [0, 0.1) is 0 Å². The van der Waals surface area contributed by atoms with Gasteiger partial charge in [0.1, 0.15) is 0 Å². The van der Waals surface area contributed by atoms with E-state index in [1.807, 2.05) is 19.1 Å². The molecule has 0 spiro atoms. The average Bonchev–Trinajstić information content (AvgIpc) is 2.43. The first kappa shape index (κ1) is 18.7. The molecule has 0 heterocycles. The topological polar surface area (TPSA) is 50.7 Å². The van der Waals surface area contributed by atoms with Crippen LogP contribution >= 0.6 is 23.2 Å². The molecular formula is C15H23Cl2NO3. The Labute approximate surface area is 136 Å². The number of nitrogens with one attached hydrogen (secondary N) is 1. The van der Waals surface area contributed by atoms with Gasteiger partial charge in [0.25, 0.3) is 0 Å². The molecule has 0 bridgehead atoms. The zero-order chi connectivity index (χ0) is 15.7. The van der Waals surface area contributed by atoms with Crippen LogP contribution in [-0.2, 0) is 15.9 Å². The van der Waals surface area contributed by atoms with E-state index >= 15 is 0 Å². The van der Waals surface area contributed by atoms with E-state index in [4.69, 9.17) is 32.7 Å². The summed E-state index contributed by atoms with van der Waals surface area (Å²) in [6.45, 7) is 3.93. The molecule has 2 atom stereocenters. The lowest BCUT2D eigenvalue weighted by molar-refractivity contribution is -0.0310. The Morgan fingerprint density at radius 3 is 2.71 bits per heavy atom. The van der Waals surface area contributed by atoms with Gasteiger partial charge in [-0.15, -0.1) is 0 Å². The quantitative estimate of drug-likeness (QED) is 0.645. The van der Waals surface area contributed by atoms with Crippen molar-refractivity contribution in [2.75, 3.05) is 33.4 Å². The second kappa shape index (κ2) is 10.4. The summed E-state index contributed by atoms with van der Waals surface area (Å²) in [7, 11) is 1.62. The fourth-order valence-electron chi connectivity index (χ4n) is 1.83. The van der Waals surface area contributed by atoms with E-state index in [1.54, 1.807) is 13.2 Å². The highest BCUT2D eigenvalue weighted by molar-refractivity contribution is 6.35. The smallest absolute Gasteiger partial charge is 0.0897 e. The van der Waals surface area contributed by atoms with Crippen LogP contribution in [0.5, 0.6) is 0 Å².